The van der Waals surface area contributed by atoms with Crippen molar-refractivity contribution < 1.29 is 9.59 Å². The highest BCUT2D eigenvalue weighted by molar-refractivity contribution is 7.99. The molecule has 212 valence electrons. The number of rotatable bonds is 12. The number of nitrogens with zero attached hydrogens (tertiary/aromatic N) is 1. The van der Waals surface area contributed by atoms with Gasteiger partial charge < -0.3 is 10.2 Å². The van der Waals surface area contributed by atoms with E-state index < -0.39 is 6.04 Å². The Bertz CT molecular complexity index is 1230. The Kier molecular flexibility index (Phi) is 12.1. The molecule has 4 nitrogen and oxygen atoms in total. The minimum atomic E-state index is -0.687. The van der Waals surface area contributed by atoms with Crippen LogP contribution >= 0.6 is 46.6 Å². The number of hydrogen-bond donors (Lipinski definition) is 1. The van der Waals surface area contributed by atoms with Gasteiger partial charge in [-0.05, 0) is 67.0 Å². The van der Waals surface area contributed by atoms with Crippen molar-refractivity contribution in [1.29, 1.82) is 0 Å². The van der Waals surface area contributed by atoms with Gasteiger partial charge >= 0.3 is 0 Å². The maximum Gasteiger partial charge on any atom is 0.243 e. The van der Waals surface area contributed by atoms with Crippen molar-refractivity contribution in [3.8, 4) is 0 Å². The van der Waals surface area contributed by atoms with Gasteiger partial charge in [-0.3, -0.25) is 9.59 Å². The minimum Gasteiger partial charge on any atom is -0.352 e. The lowest BCUT2D eigenvalue weighted by Gasteiger charge is -2.34. The lowest BCUT2D eigenvalue weighted by molar-refractivity contribution is -0.141. The molecule has 1 N–H and O–H groups in total. The molecular weight excluding hydrogens is 583 g/mol. The lowest BCUT2D eigenvalue weighted by Crippen LogP contribution is -2.52. The summed E-state index contributed by atoms with van der Waals surface area (Å²) in [6, 6.07) is 22.3. The molecule has 0 aromatic heterocycles. The second-order valence-electron chi connectivity index (χ2n) is 10.2. The van der Waals surface area contributed by atoms with E-state index in [0.29, 0.717) is 39.9 Å². The smallest absolute Gasteiger partial charge is 0.243 e. The Morgan fingerprint density at radius 1 is 0.875 bits per heavy atom. The zero-order valence-corrected chi connectivity index (χ0v) is 25.5. The molecule has 1 fully saturated rings. The second-order valence-corrected chi connectivity index (χ2v) is 12.6. The van der Waals surface area contributed by atoms with Crippen LogP contribution in [0.2, 0.25) is 15.1 Å². The Labute approximate surface area is 256 Å². The third-order valence-corrected chi connectivity index (χ3v) is 9.29. The summed E-state index contributed by atoms with van der Waals surface area (Å²) in [5.41, 5.74) is 1.64. The molecule has 3 aromatic rings. The van der Waals surface area contributed by atoms with E-state index in [1.165, 1.54) is 6.42 Å². The highest BCUT2D eigenvalue weighted by atomic mass is 35.5. The largest absolute Gasteiger partial charge is 0.352 e. The van der Waals surface area contributed by atoms with Crippen LogP contribution in [-0.2, 0) is 22.6 Å². The second kappa shape index (κ2) is 15.7. The van der Waals surface area contributed by atoms with Gasteiger partial charge in [-0.1, -0.05) is 90.5 Å². The number of thioether (sulfide) groups is 1. The Balaban J connectivity index is 1.55. The Morgan fingerprint density at radius 3 is 2.23 bits per heavy atom. The van der Waals surface area contributed by atoms with Crippen LogP contribution in [0.5, 0.6) is 0 Å². The summed E-state index contributed by atoms with van der Waals surface area (Å²) < 4.78 is 0. The van der Waals surface area contributed by atoms with Crippen LogP contribution in [0, 0.1) is 0 Å². The zero-order chi connectivity index (χ0) is 28.3. The summed E-state index contributed by atoms with van der Waals surface area (Å²) in [5.74, 6) is 0.557. The van der Waals surface area contributed by atoms with Gasteiger partial charge in [-0.2, -0.15) is 0 Å². The normalized spacial score (nSPS) is 14.5. The van der Waals surface area contributed by atoms with Gasteiger partial charge in [-0.15, -0.1) is 11.8 Å². The predicted octanol–water partition coefficient (Wildman–Crippen LogP) is 8.61. The number of amides is 2. The first-order chi connectivity index (χ1) is 19.4. The first-order valence-corrected chi connectivity index (χ1v) is 16.0. The van der Waals surface area contributed by atoms with Crippen LogP contribution in [0.3, 0.4) is 0 Å². The molecule has 0 bridgehead atoms. The van der Waals surface area contributed by atoms with Crippen LogP contribution in [0.25, 0.3) is 0 Å². The number of nitrogens with one attached hydrogen (secondary N) is 1. The molecule has 1 atom stereocenters. The molecule has 8 heteroatoms. The molecule has 3 aromatic carbocycles. The molecule has 1 saturated carbocycles. The highest BCUT2D eigenvalue weighted by Crippen LogP contribution is 2.28. The number of carbonyl (C=O) groups excluding carboxylic acids is 2. The van der Waals surface area contributed by atoms with Gasteiger partial charge in [0, 0.05) is 51.0 Å². The van der Waals surface area contributed by atoms with Gasteiger partial charge in [0.05, 0.1) is 0 Å². The van der Waals surface area contributed by atoms with Crippen molar-refractivity contribution >= 4 is 58.4 Å². The predicted molar refractivity (Wildman–Crippen MR) is 167 cm³/mol. The molecule has 0 heterocycles. The van der Waals surface area contributed by atoms with Gasteiger partial charge in [0.15, 0.2) is 0 Å². The summed E-state index contributed by atoms with van der Waals surface area (Å²) in [6.45, 7) is 0.164. The maximum absolute atomic E-state index is 13.9. The fourth-order valence-electron chi connectivity index (χ4n) is 5.04. The number of carbonyl (C=O) groups is 2. The zero-order valence-electron chi connectivity index (χ0n) is 22.5. The summed E-state index contributed by atoms with van der Waals surface area (Å²) >= 11 is 20.8. The van der Waals surface area contributed by atoms with E-state index in [1.54, 1.807) is 34.9 Å². The molecule has 1 aliphatic carbocycles. The van der Waals surface area contributed by atoms with Gasteiger partial charge in [0.2, 0.25) is 11.8 Å². The fraction of sp³-hybridized carbons (Fsp3) is 0.375. The average Bonchev–Trinajstić information content (AvgIpc) is 2.96. The lowest BCUT2D eigenvalue weighted by atomic mass is 9.94. The molecule has 0 unspecified atom stereocenters. The quantitative estimate of drug-likeness (QED) is 0.164. The number of halogens is 3. The topological polar surface area (TPSA) is 49.4 Å². The highest BCUT2D eigenvalue weighted by Gasteiger charge is 2.32. The van der Waals surface area contributed by atoms with Crippen molar-refractivity contribution in [2.24, 2.45) is 0 Å². The van der Waals surface area contributed by atoms with E-state index in [0.717, 1.165) is 41.9 Å². The summed E-state index contributed by atoms with van der Waals surface area (Å²) in [6.07, 6.45) is 6.74. The molecule has 0 radical (unpaired) electrons. The number of hydrogen-bond acceptors (Lipinski definition) is 3. The van der Waals surface area contributed by atoms with Crippen LogP contribution in [0.15, 0.2) is 77.7 Å². The first-order valence-electron chi connectivity index (χ1n) is 13.9. The summed E-state index contributed by atoms with van der Waals surface area (Å²) in [4.78, 5) is 30.6. The van der Waals surface area contributed by atoms with Crippen molar-refractivity contribution in [3.63, 3.8) is 0 Å². The fourth-order valence-corrected chi connectivity index (χ4v) is 6.54. The van der Waals surface area contributed by atoms with E-state index in [9.17, 15) is 9.59 Å². The van der Waals surface area contributed by atoms with Crippen molar-refractivity contribution in [1.82, 2.24) is 10.2 Å². The van der Waals surface area contributed by atoms with E-state index in [4.69, 9.17) is 34.8 Å². The molecule has 0 aliphatic heterocycles. The van der Waals surface area contributed by atoms with Gasteiger partial charge in [0.25, 0.3) is 0 Å². The minimum absolute atomic E-state index is 0.0904. The van der Waals surface area contributed by atoms with E-state index in [-0.39, 0.29) is 24.4 Å². The third kappa shape index (κ3) is 9.17. The Hall–Kier alpha value is -2.18. The summed E-state index contributed by atoms with van der Waals surface area (Å²) in [5, 5.41) is 4.93. The maximum atomic E-state index is 13.9. The van der Waals surface area contributed by atoms with E-state index in [2.05, 4.69) is 5.32 Å². The van der Waals surface area contributed by atoms with Crippen molar-refractivity contribution in [2.45, 2.75) is 74.9 Å². The van der Waals surface area contributed by atoms with E-state index in [1.807, 2.05) is 54.6 Å². The van der Waals surface area contributed by atoms with Crippen LogP contribution in [0.4, 0.5) is 0 Å². The third-order valence-electron chi connectivity index (χ3n) is 7.23. The molecule has 2 amide bonds. The van der Waals surface area contributed by atoms with E-state index >= 15 is 0 Å². The molecule has 40 heavy (non-hydrogen) atoms. The summed E-state index contributed by atoms with van der Waals surface area (Å²) in [7, 11) is 0. The molecule has 0 saturated heterocycles. The van der Waals surface area contributed by atoms with Gasteiger partial charge in [-0.25, -0.2) is 0 Å². The van der Waals surface area contributed by atoms with Crippen molar-refractivity contribution in [3.05, 3.63) is 99.0 Å². The average molecular weight is 618 g/mol. The van der Waals surface area contributed by atoms with Gasteiger partial charge in [0.1, 0.15) is 6.04 Å². The van der Waals surface area contributed by atoms with Crippen LogP contribution in [-0.4, -0.2) is 34.6 Å². The van der Waals surface area contributed by atoms with Crippen molar-refractivity contribution in [2.75, 3.05) is 5.75 Å². The Morgan fingerprint density at radius 2 is 1.55 bits per heavy atom. The first kappa shape index (κ1) is 30.8. The molecular formula is C32H35Cl3N2O2S. The number of benzene rings is 3. The molecule has 0 spiro atoms. The van der Waals surface area contributed by atoms with Crippen LogP contribution in [0.1, 0.15) is 56.1 Å². The van der Waals surface area contributed by atoms with Crippen LogP contribution < -0.4 is 5.32 Å². The molecule has 4 rings (SSSR count). The monoisotopic (exact) mass is 616 g/mol. The SMILES string of the molecule is O=C(NC1CCCCC1)[C@@H](Cc1ccccc1)N(Cc1c(Cl)cccc1Cl)C(=O)CCCSc1ccc(Cl)cc1. The molecule has 1 aliphatic rings. The standard InChI is InChI=1S/C32H35Cl3N2O2S/c33-24-16-18-26(19-17-24)40-20-8-15-31(38)37(22-27-28(34)13-7-14-29(27)35)30(21-23-9-3-1-4-10-23)32(39)36-25-11-5-2-6-12-25/h1,3-4,7,9-10,13-14,16-19,25,30H,2,5-6,8,11-12,15,20-22H2,(H,36,39)/t30-/m1/s1.